The second-order valence-corrected chi connectivity index (χ2v) is 11.2. The number of amides is 3. The van der Waals surface area contributed by atoms with Crippen molar-refractivity contribution in [1.29, 1.82) is 0 Å². The zero-order valence-electron chi connectivity index (χ0n) is 20.5. The summed E-state index contributed by atoms with van der Waals surface area (Å²) in [6.07, 6.45) is 2.26. The van der Waals surface area contributed by atoms with Crippen LogP contribution >= 0.6 is 23.2 Å². The topological polar surface area (TPSA) is 94.3 Å². The quantitative estimate of drug-likeness (QED) is 0.303. The van der Waals surface area contributed by atoms with Gasteiger partial charge in [0.1, 0.15) is 11.4 Å². The predicted octanol–water partition coefficient (Wildman–Crippen LogP) is 5.09. The van der Waals surface area contributed by atoms with Crippen molar-refractivity contribution in [3.63, 3.8) is 0 Å². The first-order valence-electron chi connectivity index (χ1n) is 12.5. The molecule has 196 valence electrons. The van der Waals surface area contributed by atoms with Crippen LogP contribution in [0.25, 0.3) is 10.9 Å². The molecule has 3 aromatic carbocycles. The van der Waals surface area contributed by atoms with Crippen LogP contribution in [-0.2, 0) is 26.3 Å². The smallest absolute Gasteiger partial charge is 0.250 e. The van der Waals surface area contributed by atoms with Crippen LogP contribution in [0.5, 0.6) is 0 Å². The molecule has 4 atom stereocenters. The van der Waals surface area contributed by atoms with Crippen LogP contribution in [0.15, 0.2) is 60.8 Å². The highest BCUT2D eigenvalue weighted by Crippen LogP contribution is 2.55. The lowest BCUT2D eigenvalue weighted by molar-refractivity contribution is -0.130. The van der Waals surface area contributed by atoms with Crippen LogP contribution in [0.4, 0.5) is 15.8 Å². The van der Waals surface area contributed by atoms with Gasteiger partial charge in [0.2, 0.25) is 17.7 Å². The number of hydrogen-bond donors (Lipinski definition) is 3. The number of aryl methyl sites for hydroxylation is 1. The average molecular weight is 563 g/mol. The summed E-state index contributed by atoms with van der Waals surface area (Å²) in [6.45, 7) is 1.83. The van der Waals surface area contributed by atoms with Crippen LogP contribution in [0, 0.1) is 24.6 Å². The first kappa shape index (κ1) is 24.3. The van der Waals surface area contributed by atoms with Gasteiger partial charge in [-0.25, -0.2) is 9.29 Å². The summed E-state index contributed by atoms with van der Waals surface area (Å²) >= 11 is 12.5. The van der Waals surface area contributed by atoms with Gasteiger partial charge in [0.25, 0.3) is 0 Å². The van der Waals surface area contributed by atoms with Crippen molar-refractivity contribution in [3.8, 4) is 0 Å². The zero-order valence-corrected chi connectivity index (χ0v) is 22.0. The number of hydrogen-bond acceptors (Lipinski definition) is 4. The number of nitrogens with zero attached hydrogens (tertiary/aromatic N) is 1. The Hall–Kier alpha value is -3.72. The fourth-order valence-electron chi connectivity index (χ4n) is 6.62. The Morgan fingerprint density at radius 1 is 1.03 bits per heavy atom. The van der Waals surface area contributed by atoms with Crippen molar-refractivity contribution in [2.75, 3.05) is 10.2 Å². The molecule has 0 bridgehead atoms. The van der Waals surface area contributed by atoms with Crippen molar-refractivity contribution in [2.45, 2.75) is 24.9 Å². The summed E-state index contributed by atoms with van der Waals surface area (Å²) in [6, 6.07) is 14.4. The van der Waals surface area contributed by atoms with Crippen molar-refractivity contribution < 1.29 is 18.8 Å². The lowest BCUT2D eigenvalue weighted by atomic mass is 9.76. The summed E-state index contributed by atoms with van der Waals surface area (Å²) in [5.41, 5.74) is 2.40. The predicted molar refractivity (Wildman–Crippen MR) is 146 cm³/mol. The van der Waals surface area contributed by atoms with E-state index in [1.165, 1.54) is 12.1 Å². The molecule has 3 N–H and O–H groups in total. The van der Waals surface area contributed by atoms with Gasteiger partial charge in [-0.3, -0.25) is 19.7 Å². The molecule has 0 unspecified atom stereocenters. The highest BCUT2D eigenvalue weighted by molar-refractivity contribution is 6.32. The third kappa shape index (κ3) is 3.28. The fourth-order valence-corrected chi connectivity index (χ4v) is 7.07. The second-order valence-electron chi connectivity index (χ2n) is 10.3. The van der Waals surface area contributed by atoms with E-state index in [2.05, 4.69) is 15.6 Å². The Balaban J connectivity index is 1.40. The van der Waals surface area contributed by atoms with E-state index in [-0.39, 0.29) is 10.7 Å². The molecule has 0 radical (unpaired) electrons. The molecule has 2 saturated heterocycles. The summed E-state index contributed by atoms with van der Waals surface area (Å²) in [5, 5.41) is 7.58. The van der Waals surface area contributed by atoms with E-state index in [1.54, 1.807) is 12.1 Å². The number of rotatable bonds is 3. The minimum Gasteiger partial charge on any atom is -0.361 e. The van der Waals surface area contributed by atoms with Gasteiger partial charge in [0.05, 0.1) is 22.5 Å². The van der Waals surface area contributed by atoms with E-state index in [1.807, 2.05) is 37.4 Å². The number of anilines is 2. The number of nitrogens with one attached hydrogen (secondary N) is 3. The van der Waals surface area contributed by atoms with Crippen molar-refractivity contribution in [1.82, 2.24) is 10.3 Å². The van der Waals surface area contributed by atoms with E-state index in [9.17, 15) is 18.8 Å². The third-order valence-electron chi connectivity index (χ3n) is 8.26. The largest absolute Gasteiger partial charge is 0.361 e. The highest BCUT2D eigenvalue weighted by atomic mass is 35.5. The van der Waals surface area contributed by atoms with Crippen LogP contribution in [0.3, 0.4) is 0 Å². The van der Waals surface area contributed by atoms with Gasteiger partial charge in [-0.2, -0.15) is 0 Å². The molecule has 3 aliphatic heterocycles. The third-order valence-corrected chi connectivity index (χ3v) is 8.77. The molecule has 2 fully saturated rings. The van der Waals surface area contributed by atoms with E-state index in [0.29, 0.717) is 22.7 Å². The molecular weight excluding hydrogens is 542 g/mol. The molecule has 0 saturated carbocycles. The Labute approximate surface area is 232 Å². The summed E-state index contributed by atoms with van der Waals surface area (Å²) in [7, 11) is 0. The zero-order chi connectivity index (χ0) is 27.2. The van der Waals surface area contributed by atoms with Gasteiger partial charge in [-0.05, 0) is 60.9 Å². The molecule has 3 amide bonds. The average Bonchev–Trinajstić information content (AvgIpc) is 3.61. The maximum atomic E-state index is 14.1. The number of carbonyl (C=O) groups is 3. The van der Waals surface area contributed by atoms with E-state index in [4.69, 9.17) is 23.2 Å². The lowest BCUT2D eigenvalue weighted by Crippen LogP contribution is -2.53. The van der Waals surface area contributed by atoms with Crippen molar-refractivity contribution in [2.24, 2.45) is 11.8 Å². The first-order valence-corrected chi connectivity index (χ1v) is 13.2. The number of aromatic amines is 1. The van der Waals surface area contributed by atoms with Gasteiger partial charge in [0.15, 0.2) is 0 Å². The number of benzene rings is 3. The molecule has 4 heterocycles. The molecule has 7 nitrogen and oxygen atoms in total. The maximum Gasteiger partial charge on any atom is 0.250 e. The number of halogens is 3. The van der Waals surface area contributed by atoms with Crippen molar-refractivity contribution >= 4 is 63.2 Å². The number of imide groups is 1. The molecule has 4 aromatic rings. The van der Waals surface area contributed by atoms with Gasteiger partial charge in [-0.1, -0.05) is 41.4 Å². The summed E-state index contributed by atoms with van der Waals surface area (Å²) in [5.74, 6) is -4.03. The van der Waals surface area contributed by atoms with E-state index < -0.39 is 47.0 Å². The van der Waals surface area contributed by atoms with Crippen LogP contribution in [0.1, 0.15) is 16.7 Å². The first-order chi connectivity index (χ1) is 18.7. The number of H-pyrrole nitrogens is 1. The van der Waals surface area contributed by atoms with Gasteiger partial charge < -0.3 is 10.3 Å². The Bertz CT molecular complexity index is 1750. The SMILES string of the molecule is Cc1cc(Cl)cc2c1NC(=O)[C@@]21N[C@H](Cc2c[nH]c3ccccc23)[C@H]2C(=O)N(c3ccc(F)c(Cl)c3)C(=O)[C@H]21. The Kier molecular flexibility index (Phi) is 5.23. The number of para-hydroxylation sites is 1. The summed E-state index contributed by atoms with van der Waals surface area (Å²) < 4.78 is 13.9. The van der Waals surface area contributed by atoms with Crippen LogP contribution in [0.2, 0.25) is 10.0 Å². The van der Waals surface area contributed by atoms with Gasteiger partial charge in [0, 0.05) is 39.4 Å². The van der Waals surface area contributed by atoms with E-state index in [0.717, 1.165) is 33.0 Å². The maximum absolute atomic E-state index is 14.1. The minimum absolute atomic E-state index is 0.160. The van der Waals surface area contributed by atoms with Crippen molar-refractivity contribution in [3.05, 3.63) is 93.3 Å². The van der Waals surface area contributed by atoms with E-state index >= 15 is 0 Å². The number of fused-ring (bicyclic) bond motifs is 5. The lowest BCUT2D eigenvalue weighted by Gasteiger charge is -2.29. The molecule has 1 aromatic heterocycles. The number of carbonyl (C=O) groups excluding carboxylic acids is 3. The molecule has 7 rings (SSSR count). The molecule has 1 spiro atoms. The monoisotopic (exact) mass is 562 g/mol. The molecule has 10 heteroatoms. The van der Waals surface area contributed by atoms with Crippen LogP contribution < -0.4 is 15.5 Å². The summed E-state index contributed by atoms with van der Waals surface area (Å²) in [4.78, 5) is 46.3. The number of aromatic nitrogens is 1. The minimum atomic E-state index is -1.52. The Morgan fingerprint density at radius 2 is 1.82 bits per heavy atom. The second kappa shape index (κ2) is 8.39. The molecular formula is C29H21Cl2FN4O3. The Morgan fingerprint density at radius 3 is 2.62 bits per heavy atom. The standard InChI is InChI=1S/C29H21Cl2FN4O3/c1-13-8-15(30)10-18-25(13)34-28(39)29(18)24-23(22(35-29)9-14-12-33-21-5-3-2-4-17(14)21)26(37)36(27(24)38)16-6-7-20(32)19(31)11-16/h2-8,10-12,22-24,33,35H,9H2,1H3,(H,34,39)/t22-,23-,24+,29-/m1/s1. The van der Waals surface area contributed by atoms with Gasteiger partial charge in [-0.15, -0.1) is 0 Å². The van der Waals surface area contributed by atoms with Gasteiger partial charge >= 0.3 is 0 Å². The molecule has 0 aliphatic carbocycles. The molecule has 39 heavy (non-hydrogen) atoms. The molecule has 3 aliphatic rings. The fraction of sp³-hybridized carbons (Fsp3) is 0.207. The highest BCUT2D eigenvalue weighted by Gasteiger charge is 2.70. The normalized spacial score (nSPS) is 25.6. The van der Waals surface area contributed by atoms with Crippen LogP contribution in [-0.4, -0.2) is 28.7 Å².